The minimum atomic E-state index is -0.536. The number of rotatable bonds is 5. The van der Waals surface area contributed by atoms with Gasteiger partial charge in [0.25, 0.3) is 0 Å². The van der Waals surface area contributed by atoms with Gasteiger partial charge in [-0.1, -0.05) is 0 Å². The number of hydrogen-bond donors (Lipinski definition) is 3. The number of amides is 1. The Morgan fingerprint density at radius 3 is 3.11 bits per heavy atom. The van der Waals surface area contributed by atoms with Crippen molar-refractivity contribution in [3.05, 3.63) is 28.7 Å². The molecule has 4 N–H and O–H groups in total. The number of H-pyrrole nitrogens is 1. The van der Waals surface area contributed by atoms with E-state index in [2.05, 4.69) is 10.3 Å². The molecule has 0 aliphatic carbocycles. The van der Waals surface area contributed by atoms with Crippen LogP contribution in [-0.4, -0.2) is 28.9 Å². The molecule has 0 saturated heterocycles. The molecular weight excluding hydrogens is 266 g/mol. The Balaban J connectivity index is 2.08. The Morgan fingerprint density at radius 1 is 1.58 bits per heavy atom. The lowest BCUT2D eigenvalue weighted by atomic mass is 10.2. The van der Waals surface area contributed by atoms with Gasteiger partial charge in [-0.15, -0.1) is 0 Å². The number of aromatic amines is 1. The standard InChI is InChI=1S/C12H15N3O3S/c1-19-5-4-8(13)11(16)14-7-2-3-10-9(6-7)15-12(17)18-10/h2-3,6,8H,4-5,13H2,1H3,(H,14,16)(H,15,17). The SMILES string of the molecule is CSCCC(N)C(=O)Nc1ccc2oc(=O)[nH]c2c1. The van der Waals surface area contributed by atoms with Crippen molar-refractivity contribution < 1.29 is 9.21 Å². The fraction of sp³-hybridized carbons (Fsp3) is 0.333. The van der Waals surface area contributed by atoms with E-state index in [1.807, 2.05) is 6.26 Å². The topological polar surface area (TPSA) is 101 Å². The molecule has 19 heavy (non-hydrogen) atoms. The van der Waals surface area contributed by atoms with Gasteiger partial charge in [0.1, 0.15) is 0 Å². The lowest BCUT2D eigenvalue weighted by Gasteiger charge is -2.11. The third-order valence-electron chi connectivity index (χ3n) is 2.66. The van der Waals surface area contributed by atoms with E-state index in [9.17, 15) is 9.59 Å². The predicted octanol–water partition coefficient (Wildman–Crippen LogP) is 1.14. The molecule has 0 fully saturated rings. The second-order valence-corrected chi connectivity index (χ2v) is 5.09. The number of oxazole rings is 1. The maximum absolute atomic E-state index is 11.8. The van der Waals surface area contributed by atoms with Crippen LogP contribution >= 0.6 is 11.8 Å². The van der Waals surface area contributed by atoms with E-state index in [0.717, 1.165) is 5.75 Å². The van der Waals surface area contributed by atoms with Crippen LogP contribution in [0.5, 0.6) is 0 Å². The summed E-state index contributed by atoms with van der Waals surface area (Å²) in [5, 5.41) is 2.72. The third kappa shape index (κ3) is 3.39. The number of aromatic nitrogens is 1. The molecule has 2 rings (SSSR count). The van der Waals surface area contributed by atoms with Gasteiger partial charge in [0.15, 0.2) is 5.58 Å². The van der Waals surface area contributed by atoms with Gasteiger partial charge in [-0.3, -0.25) is 9.78 Å². The van der Waals surface area contributed by atoms with Gasteiger partial charge in [0, 0.05) is 5.69 Å². The smallest absolute Gasteiger partial charge is 0.408 e. The van der Waals surface area contributed by atoms with Crippen LogP contribution in [0.2, 0.25) is 0 Å². The summed E-state index contributed by atoms with van der Waals surface area (Å²) in [5.74, 6) is 0.0808. The van der Waals surface area contributed by atoms with Crippen LogP contribution in [0, 0.1) is 0 Å². The Morgan fingerprint density at radius 2 is 2.37 bits per heavy atom. The van der Waals surface area contributed by atoms with Crippen LogP contribution in [0.1, 0.15) is 6.42 Å². The maximum atomic E-state index is 11.8. The highest BCUT2D eigenvalue weighted by molar-refractivity contribution is 7.98. The first kappa shape index (κ1) is 13.7. The second kappa shape index (κ2) is 5.94. The molecule has 0 aliphatic rings. The highest BCUT2D eigenvalue weighted by atomic mass is 32.2. The average Bonchev–Trinajstić information content (AvgIpc) is 2.75. The van der Waals surface area contributed by atoms with Gasteiger partial charge >= 0.3 is 5.76 Å². The summed E-state index contributed by atoms with van der Waals surface area (Å²) in [7, 11) is 0. The number of carbonyl (C=O) groups is 1. The summed E-state index contributed by atoms with van der Waals surface area (Å²) < 4.78 is 4.88. The molecule has 0 spiro atoms. The number of hydrogen-bond acceptors (Lipinski definition) is 5. The zero-order valence-electron chi connectivity index (χ0n) is 10.4. The van der Waals surface area contributed by atoms with Crippen LogP contribution in [0.3, 0.4) is 0 Å². The van der Waals surface area contributed by atoms with Crippen LogP contribution < -0.4 is 16.8 Å². The van der Waals surface area contributed by atoms with E-state index in [4.69, 9.17) is 10.2 Å². The zero-order valence-corrected chi connectivity index (χ0v) is 11.3. The van der Waals surface area contributed by atoms with Crippen molar-refractivity contribution >= 4 is 34.5 Å². The highest BCUT2D eigenvalue weighted by Gasteiger charge is 2.13. The number of fused-ring (bicyclic) bond motifs is 1. The van der Waals surface area contributed by atoms with Gasteiger partial charge in [-0.25, -0.2) is 4.79 Å². The Labute approximate surface area is 113 Å². The molecule has 7 heteroatoms. The minimum absolute atomic E-state index is 0.237. The fourth-order valence-electron chi connectivity index (χ4n) is 1.64. The Kier molecular flexibility index (Phi) is 4.28. The zero-order chi connectivity index (χ0) is 13.8. The van der Waals surface area contributed by atoms with Gasteiger partial charge in [-0.2, -0.15) is 11.8 Å². The van der Waals surface area contributed by atoms with Gasteiger partial charge in [-0.05, 0) is 36.6 Å². The van der Waals surface area contributed by atoms with Crippen LogP contribution in [0.15, 0.2) is 27.4 Å². The summed E-state index contributed by atoms with van der Waals surface area (Å²) in [5.41, 5.74) is 7.34. The van der Waals surface area contributed by atoms with E-state index in [0.29, 0.717) is 23.2 Å². The molecule has 1 atom stereocenters. The van der Waals surface area contributed by atoms with Crippen molar-refractivity contribution in [2.24, 2.45) is 5.73 Å². The number of thioether (sulfide) groups is 1. The largest absolute Gasteiger partial charge is 0.417 e. The normalized spacial score (nSPS) is 12.5. The van der Waals surface area contributed by atoms with Crippen molar-refractivity contribution in [1.82, 2.24) is 4.98 Å². The predicted molar refractivity (Wildman–Crippen MR) is 76.4 cm³/mol. The molecule has 1 aromatic heterocycles. The molecule has 2 aromatic rings. The molecule has 0 aliphatic heterocycles. The van der Waals surface area contributed by atoms with Gasteiger partial charge in [0.2, 0.25) is 5.91 Å². The summed E-state index contributed by atoms with van der Waals surface area (Å²) in [4.78, 5) is 25.4. The molecule has 1 amide bonds. The number of anilines is 1. The van der Waals surface area contributed by atoms with Gasteiger partial charge in [0.05, 0.1) is 11.6 Å². The van der Waals surface area contributed by atoms with Crippen molar-refractivity contribution in [2.75, 3.05) is 17.3 Å². The number of carbonyl (C=O) groups excluding carboxylic acids is 1. The third-order valence-corrected chi connectivity index (χ3v) is 3.30. The Hall–Kier alpha value is -1.73. The molecule has 1 unspecified atom stereocenters. The molecule has 102 valence electrons. The number of benzene rings is 1. The van der Waals surface area contributed by atoms with E-state index in [1.165, 1.54) is 0 Å². The van der Waals surface area contributed by atoms with Crippen molar-refractivity contribution in [2.45, 2.75) is 12.5 Å². The van der Waals surface area contributed by atoms with E-state index in [-0.39, 0.29) is 5.91 Å². The maximum Gasteiger partial charge on any atom is 0.417 e. The molecule has 1 aromatic carbocycles. The first-order valence-corrected chi connectivity index (χ1v) is 7.18. The number of nitrogens with two attached hydrogens (primary N) is 1. The van der Waals surface area contributed by atoms with Crippen LogP contribution in [0.4, 0.5) is 5.69 Å². The minimum Gasteiger partial charge on any atom is -0.408 e. The second-order valence-electron chi connectivity index (χ2n) is 4.10. The molecule has 0 radical (unpaired) electrons. The van der Waals surface area contributed by atoms with Gasteiger partial charge < -0.3 is 15.5 Å². The van der Waals surface area contributed by atoms with Crippen molar-refractivity contribution in [1.29, 1.82) is 0 Å². The first-order valence-electron chi connectivity index (χ1n) is 5.78. The van der Waals surface area contributed by atoms with Crippen LogP contribution in [-0.2, 0) is 4.79 Å². The monoisotopic (exact) mass is 281 g/mol. The van der Waals surface area contributed by atoms with Crippen molar-refractivity contribution in [3.63, 3.8) is 0 Å². The Bertz CT molecular complexity index is 634. The summed E-state index contributed by atoms with van der Waals surface area (Å²) >= 11 is 1.65. The molecule has 1 heterocycles. The molecule has 0 bridgehead atoms. The average molecular weight is 281 g/mol. The summed E-state index contributed by atoms with van der Waals surface area (Å²) in [6.45, 7) is 0. The highest BCUT2D eigenvalue weighted by Crippen LogP contribution is 2.16. The number of nitrogens with one attached hydrogen (secondary N) is 2. The van der Waals surface area contributed by atoms with Crippen LogP contribution in [0.25, 0.3) is 11.1 Å². The van der Waals surface area contributed by atoms with E-state index in [1.54, 1.807) is 30.0 Å². The van der Waals surface area contributed by atoms with Crippen molar-refractivity contribution in [3.8, 4) is 0 Å². The molecule has 0 saturated carbocycles. The van der Waals surface area contributed by atoms with E-state index < -0.39 is 11.8 Å². The lowest BCUT2D eigenvalue weighted by molar-refractivity contribution is -0.117. The quantitative estimate of drug-likeness (QED) is 0.763. The fourth-order valence-corrected chi connectivity index (χ4v) is 2.13. The lowest BCUT2D eigenvalue weighted by Crippen LogP contribution is -2.36. The molecule has 6 nitrogen and oxygen atoms in total. The molecular formula is C12H15N3O3S. The summed E-state index contributed by atoms with van der Waals surface area (Å²) in [6.07, 6.45) is 2.59. The summed E-state index contributed by atoms with van der Waals surface area (Å²) in [6, 6.07) is 4.39. The first-order chi connectivity index (χ1) is 9.10. The van der Waals surface area contributed by atoms with E-state index >= 15 is 0 Å².